The largest absolute Gasteiger partial charge is 0.394 e. The highest BCUT2D eigenvalue weighted by atomic mass is 16.5. The van der Waals surface area contributed by atoms with Crippen LogP contribution in [0.25, 0.3) is 21.3 Å². The van der Waals surface area contributed by atoms with Gasteiger partial charge in [-0.15, -0.1) is 0 Å². The maximum Gasteiger partial charge on any atom is 0.330 e. The Labute approximate surface area is 165 Å². The summed E-state index contributed by atoms with van der Waals surface area (Å²) in [6.45, 7) is 1.26. The molecule has 1 fully saturated rings. The summed E-state index contributed by atoms with van der Waals surface area (Å²) in [6, 6.07) is 11.5. The van der Waals surface area contributed by atoms with Gasteiger partial charge in [0.1, 0.15) is 6.23 Å². The van der Waals surface area contributed by atoms with Gasteiger partial charge in [0.25, 0.3) is 5.56 Å². The Bertz CT molecular complexity index is 1090. The van der Waals surface area contributed by atoms with Gasteiger partial charge in [-0.25, -0.2) is 4.79 Å². The first-order valence-corrected chi connectivity index (χ1v) is 8.96. The molecule has 10 heteroatoms. The second-order valence-corrected chi connectivity index (χ2v) is 6.49. The minimum absolute atomic E-state index is 0.265. The molecular weight excluding hydrogens is 376 g/mol. The molecule has 0 amide bonds. The van der Waals surface area contributed by atoms with Crippen molar-refractivity contribution in [2.45, 2.75) is 31.7 Å². The van der Waals surface area contributed by atoms with E-state index in [1.807, 2.05) is 30.5 Å². The standard InChI is InChI=1S/C10H13N5O4.C9H7N/c1-5-3-15(10(18)12-9(5)17)8-2-6(13-14-11)7(4-16)19-8;1-2-6-9-8(4-1)5-3-7-10-9/h3,6-8,16H,2,4H2,1H3,(H,12,17,18);1-7H/t6-,7+,8+;/m0./s1. The molecule has 2 N–H and O–H groups in total. The van der Waals surface area contributed by atoms with Gasteiger partial charge in [-0.05, 0) is 24.6 Å². The number of hydrogen-bond acceptors (Lipinski definition) is 6. The van der Waals surface area contributed by atoms with E-state index in [1.165, 1.54) is 16.2 Å². The van der Waals surface area contributed by atoms with Crippen molar-refractivity contribution in [3.8, 4) is 0 Å². The number of aromatic nitrogens is 3. The number of aromatic amines is 1. The lowest BCUT2D eigenvalue weighted by atomic mass is 10.1. The van der Waals surface area contributed by atoms with Crippen LogP contribution in [-0.2, 0) is 4.74 Å². The normalized spacial score (nSPS) is 20.6. The SMILES string of the molecule is Cc1cn([C@H]2C[C@H](N=[N+]=[N-])[C@@H](CO)O2)c(=O)[nH]c1=O.c1ccc2ncccc2c1. The number of ether oxygens (including phenoxy) is 1. The van der Waals surface area contributed by atoms with Crippen LogP contribution in [0.2, 0.25) is 0 Å². The average Bonchev–Trinajstić information content (AvgIpc) is 3.14. The highest BCUT2D eigenvalue weighted by Crippen LogP contribution is 2.29. The Morgan fingerprint density at radius 1 is 1.34 bits per heavy atom. The molecule has 2 aromatic heterocycles. The molecule has 10 nitrogen and oxygen atoms in total. The van der Waals surface area contributed by atoms with E-state index in [0.29, 0.717) is 5.56 Å². The average molecular weight is 396 g/mol. The molecule has 150 valence electrons. The number of hydrogen-bond donors (Lipinski definition) is 2. The molecule has 0 radical (unpaired) electrons. The van der Waals surface area contributed by atoms with Crippen LogP contribution in [0, 0.1) is 6.92 Å². The number of aliphatic hydroxyl groups excluding tert-OH is 1. The Hall–Kier alpha value is -3.46. The Kier molecular flexibility index (Phi) is 6.40. The molecule has 1 aliphatic heterocycles. The minimum atomic E-state index is -0.671. The summed E-state index contributed by atoms with van der Waals surface area (Å²) in [7, 11) is 0. The van der Waals surface area contributed by atoms with Gasteiger partial charge >= 0.3 is 5.69 Å². The number of rotatable bonds is 3. The molecule has 0 bridgehead atoms. The van der Waals surface area contributed by atoms with Gasteiger partial charge in [0, 0.05) is 34.7 Å². The van der Waals surface area contributed by atoms with Crippen LogP contribution in [0.1, 0.15) is 18.2 Å². The van der Waals surface area contributed by atoms with Crippen LogP contribution in [0.5, 0.6) is 0 Å². The molecule has 1 saturated heterocycles. The first kappa shape index (κ1) is 20.3. The lowest BCUT2D eigenvalue weighted by Crippen LogP contribution is -2.33. The van der Waals surface area contributed by atoms with Crippen molar-refractivity contribution in [3.63, 3.8) is 0 Å². The minimum Gasteiger partial charge on any atom is -0.394 e. The Balaban J connectivity index is 0.000000200. The zero-order valence-electron chi connectivity index (χ0n) is 15.7. The number of benzene rings is 1. The molecule has 0 spiro atoms. The molecule has 1 aliphatic rings. The Morgan fingerprint density at radius 3 is 2.83 bits per heavy atom. The number of para-hydroxylation sites is 1. The van der Waals surface area contributed by atoms with Gasteiger partial charge in [0.2, 0.25) is 0 Å². The summed E-state index contributed by atoms with van der Waals surface area (Å²) in [5, 5.41) is 13.9. The number of nitrogens with one attached hydrogen (secondary N) is 1. The molecule has 0 aliphatic carbocycles. The summed E-state index contributed by atoms with van der Waals surface area (Å²) in [6.07, 6.45) is 2.14. The first-order chi connectivity index (χ1) is 14.0. The highest BCUT2D eigenvalue weighted by Gasteiger charge is 2.35. The third kappa shape index (κ3) is 4.69. The summed E-state index contributed by atoms with van der Waals surface area (Å²) < 4.78 is 6.69. The number of aliphatic hydroxyl groups is 1. The van der Waals surface area contributed by atoms with Crippen LogP contribution in [0.4, 0.5) is 0 Å². The van der Waals surface area contributed by atoms with Crippen molar-refractivity contribution in [1.29, 1.82) is 0 Å². The number of H-pyrrole nitrogens is 1. The predicted molar refractivity (Wildman–Crippen MR) is 106 cm³/mol. The van der Waals surface area contributed by atoms with E-state index < -0.39 is 29.6 Å². The van der Waals surface area contributed by atoms with Crippen LogP contribution in [0.3, 0.4) is 0 Å². The molecule has 29 heavy (non-hydrogen) atoms. The first-order valence-electron chi connectivity index (χ1n) is 8.96. The zero-order chi connectivity index (χ0) is 20.8. The summed E-state index contributed by atoms with van der Waals surface area (Å²) >= 11 is 0. The topological polar surface area (TPSA) is 146 Å². The second kappa shape index (κ2) is 9.16. The van der Waals surface area contributed by atoms with Gasteiger partial charge in [-0.3, -0.25) is 19.3 Å². The molecule has 0 saturated carbocycles. The smallest absolute Gasteiger partial charge is 0.330 e. The third-order valence-electron chi connectivity index (χ3n) is 4.55. The quantitative estimate of drug-likeness (QED) is 0.395. The van der Waals surface area contributed by atoms with Gasteiger partial charge in [-0.2, -0.15) is 0 Å². The third-order valence-corrected chi connectivity index (χ3v) is 4.55. The van der Waals surface area contributed by atoms with Crippen molar-refractivity contribution in [1.82, 2.24) is 14.5 Å². The van der Waals surface area contributed by atoms with E-state index in [4.69, 9.17) is 15.4 Å². The summed E-state index contributed by atoms with van der Waals surface area (Å²) in [5.41, 5.74) is 8.82. The number of nitrogens with zero attached hydrogens (tertiary/aromatic N) is 5. The molecule has 3 atom stereocenters. The van der Waals surface area contributed by atoms with Crippen LogP contribution in [-0.4, -0.2) is 38.4 Å². The van der Waals surface area contributed by atoms with Crippen LogP contribution in [0.15, 0.2) is 63.5 Å². The number of fused-ring (bicyclic) bond motifs is 1. The van der Waals surface area contributed by atoms with E-state index in [0.717, 1.165) is 5.52 Å². The monoisotopic (exact) mass is 396 g/mol. The molecule has 0 unspecified atom stereocenters. The highest BCUT2D eigenvalue weighted by molar-refractivity contribution is 5.77. The lowest BCUT2D eigenvalue weighted by Gasteiger charge is -2.14. The lowest BCUT2D eigenvalue weighted by molar-refractivity contribution is -0.0271. The van der Waals surface area contributed by atoms with Gasteiger partial charge in [0.15, 0.2) is 0 Å². The molecule has 3 heterocycles. The van der Waals surface area contributed by atoms with Gasteiger partial charge < -0.3 is 9.84 Å². The van der Waals surface area contributed by atoms with Crippen molar-refractivity contribution in [3.05, 3.63) is 85.6 Å². The fraction of sp³-hybridized carbons (Fsp3) is 0.316. The summed E-state index contributed by atoms with van der Waals surface area (Å²) in [5.74, 6) is 0. The zero-order valence-corrected chi connectivity index (χ0v) is 15.7. The number of pyridine rings is 1. The van der Waals surface area contributed by atoms with Gasteiger partial charge in [-0.1, -0.05) is 29.4 Å². The molecular formula is C19H20N6O4. The molecule has 3 aromatic rings. The molecule has 1 aromatic carbocycles. The van der Waals surface area contributed by atoms with Crippen molar-refractivity contribution < 1.29 is 9.84 Å². The van der Waals surface area contributed by atoms with Crippen molar-refractivity contribution in [2.24, 2.45) is 5.11 Å². The van der Waals surface area contributed by atoms with E-state index in [9.17, 15) is 9.59 Å². The van der Waals surface area contributed by atoms with E-state index in [-0.39, 0.29) is 13.0 Å². The maximum absolute atomic E-state index is 11.7. The number of azide groups is 1. The van der Waals surface area contributed by atoms with Crippen LogP contribution < -0.4 is 11.2 Å². The fourth-order valence-corrected chi connectivity index (χ4v) is 3.05. The number of aryl methyl sites for hydroxylation is 1. The Morgan fingerprint density at radius 2 is 2.10 bits per heavy atom. The molecule has 4 rings (SSSR count). The van der Waals surface area contributed by atoms with Crippen LogP contribution >= 0.6 is 0 Å². The van der Waals surface area contributed by atoms with E-state index in [2.05, 4.69) is 32.1 Å². The van der Waals surface area contributed by atoms with E-state index >= 15 is 0 Å². The predicted octanol–water partition coefficient (Wildman–Crippen LogP) is 2.04. The van der Waals surface area contributed by atoms with Gasteiger partial charge in [0.05, 0.1) is 24.3 Å². The maximum atomic E-state index is 11.7. The van der Waals surface area contributed by atoms with E-state index in [1.54, 1.807) is 6.92 Å². The second-order valence-electron chi connectivity index (χ2n) is 6.49. The summed E-state index contributed by atoms with van der Waals surface area (Å²) in [4.78, 5) is 32.0. The fourth-order valence-electron chi connectivity index (χ4n) is 3.05. The van der Waals surface area contributed by atoms with Crippen molar-refractivity contribution >= 4 is 10.9 Å². The van der Waals surface area contributed by atoms with Crippen molar-refractivity contribution in [2.75, 3.05) is 6.61 Å².